The number of methoxy groups -OCH3 is 1. The van der Waals surface area contributed by atoms with E-state index in [9.17, 15) is 0 Å². The highest BCUT2D eigenvalue weighted by atomic mass is 16.5. The topological polar surface area (TPSA) is 53.7 Å². The van der Waals surface area contributed by atoms with Crippen molar-refractivity contribution in [3.63, 3.8) is 0 Å². The van der Waals surface area contributed by atoms with Gasteiger partial charge < -0.3 is 19.9 Å². The lowest BCUT2D eigenvalue weighted by molar-refractivity contribution is 0.0355. The van der Waals surface area contributed by atoms with Crippen molar-refractivity contribution in [3.05, 3.63) is 34.9 Å². The number of benzene rings is 1. The van der Waals surface area contributed by atoms with Gasteiger partial charge in [-0.15, -0.1) is 0 Å². The van der Waals surface area contributed by atoms with Gasteiger partial charge in [0.1, 0.15) is 0 Å². The molecule has 20 heavy (non-hydrogen) atoms. The third-order valence-electron chi connectivity index (χ3n) is 2.98. The summed E-state index contributed by atoms with van der Waals surface area (Å²) in [6.45, 7) is 7.30. The Morgan fingerprint density at radius 3 is 2.25 bits per heavy atom. The van der Waals surface area contributed by atoms with Crippen LogP contribution in [0.15, 0.2) is 18.2 Å². The summed E-state index contributed by atoms with van der Waals surface area (Å²) in [5, 5.41) is 0. The Hall–Kier alpha value is -0.940. The van der Waals surface area contributed by atoms with Gasteiger partial charge in [0, 0.05) is 20.3 Å². The second-order valence-electron chi connectivity index (χ2n) is 5.06. The molecule has 1 atom stereocenters. The molecule has 0 aliphatic carbocycles. The third kappa shape index (κ3) is 7.01. The van der Waals surface area contributed by atoms with Crippen LogP contribution in [0.5, 0.6) is 0 Å². The molecular formula is C16H27NO3. The number of rotatable bonds is 10. The highest BCUT2D eigenvalue weighted by molar-refractivity contribution is 5.30. The molecule has 0 aliphatic heterocycles. The fourth-order valence-corrected chi connectivity index (χ4v) is 2.06. The van der Waals surface area contributed by atoms with Crippen molar-refractivity contribution in [2.75, 3.05) is 40.1 Å². The molecule has 2 N–H and O–H groups in total. The minimum absolute atomic E-state index is 0.0814. The predicted molar refractivity (Wildman–Crippen MR) is 81.0 cm³/mol. The van der Waals surface area contributed by atoms with Gasteiger partial charge in [0.2, 0.25) is 0 Å². The Kier molecular flexibility index (Phi) is 8.46. The molecule has 1 aromatic rings. The van der Waals surface area contributed by atoms with Crippen LogP contribution >= 0.6 is 0 Å². The van der Waals surface area contributed by atoms with Crippen molar-refractivity contribution in [2.45, 2.75) is 26.3 Å². The minimum atomic E-state index is -0.0814. The van der Waals surface area contributed by atoms with Crippen LogP contribution in [0.2, 0.25) is 0 Å². The average molecular weight is 281 g/mol. The number of nitrogens with two attached hydrogens (primary N) is 1. The Morgan fingerprint density at radius 1 is 0.950 bits per heavy atom. The molecule has 4 heteroatoms. The maximum atomic E-state index is 6.13. The van der Waals surface area contributed by atoms with Crippen molar-refractivity contribution in [1.82, 2.24) is 0 Å². The second-order valence-corrected chi connectivity index (χ2v) is 5.06. The van der Waals surface area contributed by atoms with E-state index in [-0.39, 0.29) is 6.04 Å². The van der Waals surface area contributed by atoms with E-state index in [1.54, 1.807) is 7.11 Å². The van der Waals surface area contributed by atoms with Gasteiger partial charge >= 0.3 is 0 Å². The maximum absolute atomic E-state index is 6.13. The molecule has 0 heterocycles. The van der Waals surface area contributed by atoms with Gasteiger partial charge in [-0.05, 0) is 25.8 Å². The fraction of sp³-hybridized carbons (Fsp3) is 0.625. The van der Waals surface area contributed by atoms with Gasteiger partial charge in [0.05, 0.1) is 25.9 Å². The molecule has 1 aromatic carbocycles. The van der Waals surface area contributed by atoms with E-state index < -0.39 is 0 Å². The molecule has 0 fully saturated rings. The molecule has 114 valence electrons. The number of aryl methyl sites for hydroxylation is 2. The summed E-state index contributed by atoms with van der Waals surface area (Å²) >= 11 is 0. The van der Waals surface area contributed by atoms with Crippen LogP contribution in [-0.4, -0.2) is 40.1 Å². The molecule has 1 rings (SSSR count). The minimum Gasteiger partial charge on any atom is -0.385 e. The Balaban J connectivity index is 2.15. The predicted octanol–water partition coefficient (Wildman–Crippen LogP) is 2.37. The van der Waals surface area contributed by atoms with Gasteiger partial charge in [-0.3, -0.25) is 0 Å². The molecule has 0 spiro atoms. The van der Waals surface area contributed by atoms with Crippen LogP contribution in [0.25, 0.3) is 0 Å². The second kappa shape index (κ2) is 9.88. The molecule has 4 nitrogen and oxygen atoms in total. The standard InChI is InChI=1S/C16H27NO3/c1-13-9-14(2)11-15(10-13)16(17)12-20-8-7-19-6-4-5-18-3/h9-11,16H,4-8,12,17H2,1-3H3. The average Bonchev–Trinajstić information content (AvgIpc) is 2.40. The quantitative estimate of drug-likeness (QED) is 0.669. The summed E-state index contributed by atoms with van der Waals surface area (Å²) in [6, 6.07) is 6.29. The van der Waals surface area contributed by atoms with Crippen LogP contribution in [0.4, 0.5) is 0 Å². The summed E-state index contributed by atoms with van der Waals surface area (Å²) in [5.41, 5.74) is 9.73. The smallest absolute Gasteiger partial charge is 0.0701 e. The van der Waals surface area contributed by atoms with E-state index in [2.05, 4.69) is 32.0 Å². The van der Waals surface area contributed by atoms with Crippen molar-refractivity contribution in [2.24, 2.45) is 5.73 Å². The molecule has 1 unspecified atom stereocenters. The molecule has 0 radical (unpaired) electrons. The van der Waals surface area contributed by atoms with Crippen LogP contribution in [0, 0.1) is 13.8 Å². The molecule has 0 bridgehead atoms. The van der Waals surface area contributed by atoms with Crippen molar-refractivity contribution in [1.29, 1.82) is 0 Å². The lowest BCUT2D eigenvalue weighted by Gasteiger charge is -2.14. The fourth-order valence-electron chi connectivity index (χ4n) is 2.06. The Morgan fingerprint density at radius 2 is 1.60 bits per heavy atom. The Bertz CT molecular complexity index is 362. The van der Waals surface area contributed by atoms with E-state index in [0.717, 1.165) is 18.6 Å². The molecular weight excluding hydrogens is 254 g/mol. The summed E-state index contributed by atoms with van der Waals surface area (Å²) in [5.74, 6) is 0. The third-order valence-corrected chi connectivity index (χ3v) is 2.98. The van der Waals surface area contributed by atoms with Gasteiger partial charge in [0.25, 0.3) is 0 Å². The van der Waals surface area contributed by atoms with Crippen LogP contribution in [0.1, 0.15) is 29.2 Å². The molecule has 0 amide bonds. The van der Waals surface area contributed by atoms with E-state index >= 15 is 0 Å². The van der Waals surface area contributed by atoms with Gasteiger partial charge in [0.15, 0.2) is 0 Å². The normalized spacial score (nSPS) is 12.6. The summed E-state index contributed by atoms with van der Waals surface area (Å²) in [7, 11) is 1.69. The van der Waals surface area contributed by atoms with Gasteiger partial charge in [-0.1, -0.05) is 29.3 Å². The molecule has 0 aromatic heterocycles. The first-order chi connectivity index (χ1) is 9.63. The van der Waals surface area contributed by atoms with Gasteiger partial charge in [-0.2, -0.15) is 0 Å². The van der Waals surface area contributed by atoms with Crippen molar-refractivity contribution in [3.8, 4) is 0 Å². The molecule has 0 aliphatic rings. The zero-order valence-corrected chi connectivity index (χ0v) is 12.9. The SMILES string of the molecule is COCCCOCCOCC(N)c1cc(C)cc(C)c1. The largest absolute Gasteiger partial charge is 0.385 e. The molecule has 0 saturated heterocycles. The number of hydrogen-bond acceptors (Lipinski definition) is 4. The van der Waals surface area contributed by atoms with Crippen molar-refractivity contribution < 1.29 is 14.2 Å². The lowest BCUT2D eigenvalue weighted by atomic mass is 10.0. The lowest BCUT2D eigenvalue weighted by Crippen LogP contribution is -2.19. The van der Waals surface area contributed by atoms with E-state index in [0.29, 0.717) is 26.4 Å². The number of ether oxygens (including phenoxy) is 3. The van der Waals surface area contributed by atoms with Gasteiger partial charge in [-0.25, -0.2) is 0 Å². The Labute approximate surface area is 122 Å². The zero-order valence-electron chi connectivity index (χ0n) is 12.9. The van der Waals surface area contributed by atoms with E-state index in [4.69, 9.17) is 19.9 Å². The summed E-state index contributed by atoms with van der Waals surface area (Å²) in [6.07, 6.45) is 0.915. The van der Waals surface area contributed by atoms with Crippen LogP contribution < -0.4 is 5.73 Å². The molecule has 0 saturated carbocycles. The monoisotopic (exact) mass is 281 g/mol. The van der Waals surface area contributed by atoms with Crippen LogP contribution in [0.3, 0.4) is 0 Å². The first-order valence-electron chi connectivity index (χ1n) is 7.11. The summed E-state index contributed by atoms with van der Waals surface area (Å²) < 4.78 is 15.9. The van der Waals surface area contributed by atoms with Crippen LogP contribution in [-0.2, 0) is 14.2 Å². The summed E-state index contributed by atoms with van der Waals surface area (Å²) in [4.78, 5) is 0. The highest BCUT2D eigenvalue weighted by Crippen LogP contribution is 2.15. The first kappa shape index (κ1) is 17.1. The van der Waals surface area contributed by atoms with E-state index in [1.165, 1.54) is 11.1 Å². The van der Waals surface area contributed by atoms with E-state index in [1.807, 2.05) is 0 Å². The number of hydrogen-bond donors (Lipinski definition) is 1. The van der Waals surface area contributed by atoms with Crippen molar-refractivity contribution >= 4 is 0 Å². The highest BCUT2D eigenvalue weighted by Gasteiger charge is 2.07. The first-order valence-corrected chi connectivity index (χ1v) is 7.11. The maximum Gasteiger partial charge on any atom is 0.0701 e. The zero-order chi connectivity index (χ0) is 14.8.